The summed E-state index contributed by atoms with van der Waals surface area (Å²) in [6.07, 6.45) is 3.77. The van der Waals surface area contributed by atoms with Crippen molar-refractivity contribution in [2.45, 2.75) is 129 Å². The molecular weight excluding hydrogens is 681 g/mol. The molecule has 1 spiro atoms. The molecular formula is C42H59F3N4O4. The summed E-state index contributed by atoms with van der Waals surface area (Å²) in [5.41, 5.74) is 0.277. The third kappa shape index (κ3) is 8.98. The molecule has 3 aliphatic rings. The van der Waals surface area contributed by atoms with Crippen molar-refractivity contribution < 1.29 is 32.2 Å². The number of piperidine rings is 1. The van der Waals surface area contributed by atoms with E-state index in [0.29, 0.717) is 45.2 Å². The first-order chi connectivity index (χ1) is 24.7. The molecule has 11 heteroatoms. The van der Waals surface area contributed by atoms with Gasteiger partial charge in [-0.15, -0.1) is 0 Å². The Kier molecular flexibility index (Phi) is 10.7. The molecule has 3 fully saturated rings. The number of methoxy groups -OCH3 is 1. The van der Waals surface area contributed by atoms with Gasteiger partial charge in [0.2, 0.25) is 0 Å². The fourth-order valence-electron chi connectivity index (χ4n) is 8.92. The number of carbonyl (C=O) groups excluding carboxylic acids is 1. The first-order valence-electron chi connectivity index (χ1n) is 19.2. The average Bonchev–Trinajstić information content (AvgIpc) is 3.47. The van der Waals surface area contributed by atoms with Gasteiger partial charge in [-0.2, -0.15) is 18.3 Å². The molecule has 1 saturated carbocycles. The third-order valence-electron chi connectivity index (χ3n) is 12.0. The number of nitrogens with zero attached hydrogens (tertiary/aromatic N) is 4. The molecule has 292 valence electrons. The van der Waals surface area contributed by atoms with E-state index in [2.05, 4.69) is 42.9 Å². The lowest BCUT2D eigenvalue weighted by Crippen LogP contribution is -2.50. The van der Waals surface area contributed by atoms with Crippen LogP contribution in [0, 0.1) is 10.8 Å². The van der Waals surface area contributed by atoms with Crippen molar-refractivity contribution >= 4 is 17.0 Å². The highest BCUT2D eigenvalue weighted by Gasteiger charge is 2.49. The van der Waals surface area contributed by atoms with E-state index in [4.69, 9.17) is 19.3 Å². The van der Waals surface area contributed by atoms with Crippen molar-refractivity contribution in [1.29, 1.82) is 0 Å². The van der Waals surface area contributed by atoms with Gasteiger partial charge in [0.1, 0.15) is 11.4 Å². The summed E-state index contributed by atoms with van der Waals surface area (Å²) in [4.78, 5) is 16.4. The summed E-state index contributed by atoms with van der Waals surface area (Å²) in [6, 6.07) is 14.5. The first-order valence-corrected chi connectivity index (χ1v) is 19.2. The summed E-state index contributed by atoms with van der Waals surface area (Å²) >= 11 is 0. The van der Waals surface area contributed by atoms with E-state index in [1.165, 1.54) is 19.4 Å². The lowest BCUT2D eigenvalue weighted by atomic mass is 9.60. The maximum Gasteiger partial charge on any atom is 0.410 e. The Morgan fingerprint density at radius 1 is 1.00 bits per heavy atom. The lowest BCUT2D eigenvalue weighted by molar-refractivity contribution is -0.217. The van der Waals surface area contributed by atoms with Crippen molar-refractivity contribution in [2.24, 2.45) is 10.8 Å². The Labute approximate surface area is 313 Å². The minimum atomic E-state index is -4.34. The Morgan fingerprint density at radius 2 is 1.68 bits per heavy atom. The van der Waals surface area contributed by atoms with E-state index < -0.39 is 17.2 Å². The standard InChI is InChI=1S/C42H59F3N4O4/c1-37(2,3)53-36(50)48-20-15-40(16-21-48)24-33(25-40)49-27-31-23-30(9-14-35(31)46-49)26-47(29-38(4,5)42(43,44)45)19-17-41(18-22-52-39(6,7)28-41)32-10-12-34(51-8)13-11-32/h9-14,23,27,33H,15-22,24-26,28-29H2,1-8H3/t41-/m1/s1. The number of benzene rings is 2. The molecule has 2 aromatic carbocycles. The summed E-state index contributed by atoms with van der Waals surface area (Å²) in [5, 5.41) is 5.92. The van der Waals surface area contributed by atoms with E-state index in [9.17, 15) is 18.0 Å². The van der Waals surface area contributed by atoms with Crippen molar-refractivity contribution in [3.8, 4) is 5.75 Å². The minimum Gasteiger partial charge on any atom is -0.497 e. The Hall–Kier alpha value is -3.31. The highest BCUT2D eigenvalue weighted by molar-refractivity contribution is 5.78. The molecule has 0 bridgehead atoms. The number of ether oxygens (including phenoxy) is 3. The summed E-state index contributed by atoms with van der Waals surface area (Å²) in [5.74, 6) is 0.778. The number of alkyl halides is 3. The second-order valence-electron chi connectivity index (χ2n) is 18.4. The molecule has 1 aromatic heterocycles. The molecule has 0 radical (unpaired) electrons. The van der Waals surface area contributed by atoms with Crippen LogP contribution in [0.3, 0.4) is 0 Å². The zero-order chi connectivity index (χ0) is 38.5. The number of fused-ring (bicyclic) bond motifs is 1. The number of carbonyl (C=O) groups is 1. The van der Waals surface area contributed by atoms with E-state index >= 15 is 0 Å². The van der Waals surface area contributed by atoms with Crippen LogP contribution < -0.4 is 4.74 Å². The molecule has 0 N–H and O–H groups in total. The Bertz CT molecular complexity index is 1730. The number of halogens is 3. The second kappa shape index (κ2) is 14.4. The van der Waals surface area contributed by atoms with Crippen LogP contribution in [0.25, 0.3) is 10.9 Å². The van der Waals surface area contributed by atoms with Crippen LogP contribution in [-0.2, 0) is 21.4 Å². The fourth-order valence-corrected chi connectivity index (χ4v) is 8.92. The van der Waals surface area contributed by atoms with Gasteiger partial charge in [0, 0.05) is 49.8 Å². The van der Waals surface area contributed by atoms with Crippen LogP contribution in [0.4, 0.5) is 18.0 Å². The second-order valence-corrected chi connectivity index (χ2v) is 18.4. The first kappa shape index (κ1) is 39.4. The van der Waals surface area contributed by atoms with Crippen LogP contribution in [0.15, 0.2) is 48.7 Å². The van der Waals surface area contributed by atoms with Gasteiger partial charge >= 0.3 is 12.3 Å². The van der Waals surface area contributed by atoms with Crippen molar-refractivity contribution in [3.63, 3.8) is 0 Å². The Balaban J connectivity index is 1.16. The number of hydrogen-bond donors (Lipinski definition) is 0. The highest BCUT2D eigenvalue weighted by atomic mass is 19.4. The molecule has 3 aromatic rings. The van der Waals surface area contributed by atoms with Gasteiger partial charge in [-0.1, -0.05) is 18.2 Å². The minimum absolute atomic E-state index is 0.109. The van der Waals surface area contributed by atoms with Crippen LogP contribution in [-0.4, -0.2) is 82.9 Å². The number of rotatable bonds is 10. The summed E-state index contributed by atoms with van der Waals surface area (Å²) < 4.78 is 62.2. The topological polar surface area (TPSA) is 69.1 Å². The lowest BCUT2D eigenvalue weighted by Gasteiger charge is -2.52. The molecule has 3 heterocycles. The van der Waals surface area contributed by atoms with Crippen LogP contribution in [0.2, 0.25) is 0 Å². The Morgan fingerprint density at radius 3 is 2.28 bits per heavy atom. The monoisotopic (exact) mass is 740 g/mol. The normalized spacial score (nSPS) is 22.3. The van der Waals surface area contributed by atoms with E-state index in [0.717, 1.165) is 60.7 Å². The molecule has 8 nitrogen and oxygen atoms in total. The number of likely N-dealkylation sites (tertiary alicyclic amines) is 1. The summed E-state index contributed by atoms with van der Waals surface area (Å²) in [6.45, 7) is 15.3. The smallest absolute Gasteiger partial charge is 0.410 e. The maximum atomic E-state index is 14.3. The quantitative estimate of drug-likeness (QED) is 0.206. The maximum absolute atomic E-state index is 14.3. The molecule has 1 amide bonds. The van der Waals surface area contributed by atoms with Gasteiger partial charge in [-0.3, -0.25) is 9.58 Å². The van der Waals surface area contributed by atoms with Gasteiger partial charge in [0.05, 0.1) is 29.7 Å². The van der Waals surface area contributed by atoms with Crippen molar-refractivity contribution in [1.82, 2.24) is 19.6 Å². The highest BCUT2D eigenvalue weighted by Crippen LogP contribution is 2.55. The van der Waals surface area contributed by atoms with Crippen LogP contribution >= 0.6 is 0 Å². The molecule has 1 atom stereocenters. The SMILES string of the molecule is COc1ccc([C@]2(CCN(Cc3ccc4nn(C5CC6(CCN(C(=O)OC(C)(C)C)CC6)C5)cc4c3)CC(C)(C)C(F)(F)F)CCOC(C)(C)C2)cc1. The zero-order valence-electron chi connectivity index (χ0n) is 32.9. The van der Waals surface area contributed by atoms with Crippen molar-refractivity contribution in [3.05, 3.63) is 59.8 Å². The van der Waals surface area contributed by atoms with Gasteiger partial charge in [0.15, 0.2) is 0 Å². The molecule has 0 unspecified atom stereocenters. The van der Waals surface area contributed by atoms with Gasteiger partial charge in [-0.25, -0.2) is 4.79 Å². The van der Waals surface area contributed by atoms with Crippen LogP contribution in [0.1, 0.15) is 111 Å². The number of hydrogen-bond acceptors (Lipinski definition) is 6. The third-order valence-corrected chi connectivity index (χ3v) is 12.0. The fraction of sp³-hybridized carbons (Fsp3) is 0.667. The van der Waals surface area contributed by atoms with Crippen molar-refractivity contribution in [2.75, 3.05) is 39.9 Å². The predicted octanol–water partition coefficient (Wildman–Crippen LogP) is 9.70. The van der Waals surface area contributed by atoms with E-state index in [-0.39, 0.29) is 29.1 Å². The average molecular weight is 741 g/mol. The number of aromatic nitrogens is 2. The summed E-state index contributed by atoms with van der Waals surface area (Å²) in [7, 11) is 1.65. The van der Waals surface area contributed by atoms with Gasteiger partial charge < -0.3 is 19.1 Å². The molecule has 1 aliphatic carbocycles. The van der Waals surface area contributed by atoms with E-state index in [1.807, 2.05) is 54.8 Å². The molecule has 2 aliphatic heterocycles. The van der Waals surface area contributed by atoms with E-state index in [1.54, 1.807) is 7.11 Å². The number of amides is 1. The predicted molar refractivity (Wildman–Crippen MR) is 201 cm³/mol. The zero-order valence-corrected chi connectivity index (χ0v) is 32.9. The van der Waals surface area contributed by atoms with Gasteiger partial charge in [-0.05, 0) is 141 Å². The van der Waals surface area contributed by atoms with Crippen LogP contribution in [0.5, 0.6) is 5.75 Å². The molecule has 53 heavy (non-hydrogen) atoms. The largest absolute Gasteiger partial charge is 0.497 e. The molecule has 2 saturated heterocycles. The molecule has 6 rings (SSSR count). The van der Waals surface area contributed by atoms with Gasteiger partial charge in [0.25, 0.3) is 0 Å².